The SMILES string of the molecule is CCC(CC)(CC)CNC(=O)NC1CCC(CO)CC1. The van der Waals surface area contributed by atoms with E-state index in [1.165, 1.54) is 0 Å². The summed E-state index contributed by atoms with van der Waals surface area (Å²) in [5.41, 5.74) is 0.242. The smallest absolute Gasteiger partial charge is 0.315 e. The lowest BCUT2D eigenvalue weighted by atomic mass is 9.80. The lowest BCUT2D eigenvalue weighted by Gasteiger charge is -2.32. The molecular formula is C16H32N2O2. The normalized spacial score (nSPS) is 23.4. The molecular weight excluding hydrogens is 252 g/mol. The first-order valence-corrected chi connectivity index (χ1v) is 8.24. The summed E-state index contributed by atoms with van der Waals surface area (Å²) in [6.07, 6.45) is 7.30. The van der Waals surface area contributed by atoms with Crippen LogP contribution in [0, 0.1) is 11.3 Å². The van der Waals surface area contributed by atoms with Gasteiger partial charge in [-0.15, -0.1) is 0 Å². The van der Waals surface area contributed by atoms with Gasteiger partial charge < -0.3 is 15.7 Å². The van der Waals surface area contributed by atoms with E-state index < -0.39 is 0 Å². The van der Waals surface area contributed by atoms with Crippen molar-refractivity contribution >= 4 is 6.03 Å². The molecule has 0 heterocycles. The molecule has 1 fully saturated rings. The van der Waals surface area contributed by atoms with Gasteiger partial charge in [0.1, 0.15) is 0 Å². The number of urea groups is 1. The topological polar surface area (TPSA) is 61.4 Å². The van der Waals surface area contributed by atoms with E-state index in [1.807, 2.05) is 0 Å². The third-order valence-corrected chi connectivity index (χ3v) is 5.31. The molecule has 1 rings (SSSR count). The molecule has 4 heteroatoms. The van der Waals surface area contributed by atoms with Crippen LogP contribution in [0.3, 0.4) is 0 Å². The van der Waals surface area contributed by atoms with Gasteiger partial charge in [0.2, 0.25) is 0 Å². The van der Waals surface area contributed by atoms with E-state index in [0.29, 0.717) is 5.92 Å². The maximum absolute atomic E-state index is 12.0. The van der Waals surface area contributed by atoms with E-state index in [2.05, 4.69) is 31.4 Å². The van der Waals surface area contributed by atoms with E-state index in [9.17, 15) is 4.79 Å². The van der Waals surface area contributed by atoms with Crippen LogP contribution in [-0.4, -0.2) is 30.3 Å². The minimum atomic E-state index is -0.0304. The number of rotatable bonds is 7. The average Bonchev–Trinajstić information content (AvgIpc) is 2.50. The van der Waals surface area contributed by atoms with Crippen LogP contribution in [0.25, 0.3) is 0 Å². The van der Waals surface area contributed by atoms with Crippen molar-refractivity contribution in [3.63, 3.8) is 0 Å². The van der Waals surface area contributed by atoms with Gasteiger partial charge in [0.25, 0.3) is 0 Å². The van der Waals surface area contributed by atoms with E-state index in [-0.39, 0.29) is 24.1 Å². The second-order valence-corrected chi connectivity index (χ2v) is 6.29. The van der Waals surface area contributed by atoms with Gasteiger partial charge in [-0.2, -0.15) is 0 Å². The summed E-state index contributed by atoms with van der Waals surface area (Å²) in [7, 11) is 0. The van der Waals surface area contributed by atoms with Crippen LogP contribution in [0.4, 0.5) is 4.79 Å². The van der Waals surface area contributed by atoms with Crippen molar-refractivity contribution in [3.8, 4) is 0 Å². The molecule has 2 amide bonds. The minimum absolute atomic E-state index is 0.0304. The number of hydrogen-bond acceptors (Lipinski definition) is 2. The van der Waals surface area contributed by atoms with Crippen molar-refractivity contribution < 1.29 is 9.90 Å². The van der Waals surface area contributed by atoms with Gasteiger partial charge in [-0.3, -0.25) is 0 Å². The molecule has 3 N–H and O–H groups in total. The zero-order chi connectivity index (χ0) is 15.0. The molecule has 0 radical (unpaired) electrons. The van der Waals surface area contributed by atoms with Gasteiger partial charge in [0.15, 0.2) is 0 Å². The Balaban J connectivity index is 2.30. The quantitative estimate of drug-likeness (QED) is 0.673. The fourth-order valence-corrected chi connectivity index (χ4v) is 3.12. The molecule has 0 aromatic carbocycles. The van der Waals surface area contributed by atoms with Gasteiger partial charge >= 0.3 is 6.03 Å². The Hall–Kier alpha value is -0.770. The summed E-state index contributed by atoms with van der Waals surface area (Å²) in [4.78, 5) is 12.0. The van der Waals surface area contributed by atoms with Crippen LogP contribution in [-0.2, 0) is 0 Å². The lowest BCUT2D eigenvalue weighted by molar-refractivity contribution is 0.172. The Labute approximate surface area is 123 Å². The second kappa shape index (κ2) is 8.50. The first-order valence-electron chi connectivity index (χ1n) is 8.24. The third kappa shape index (κ3) is 4.97. The molecule has 4 nitrogen and oxygen atoms in total. The maximum atomic E-state index is 12.0. The highest BCUT2D eigenvalue weighted by atomic mass is 16.3. The number of aliphatic hydroxyl groups excluding tert-OH is 1. The lowest BCUT2D eigenvalue weighted by Crippen LogP contribution is -2.47. The van der Waals surface area contributed by atoms with E-state index in [4.69, 9.17) is 5.11 Å². The van der Waals surface area contributed by atoms with Crippen LogP contribution in [0.1, 0.15) is 65.7 Å². The zero-order valence-corrected chi connectivity index (χ0v) is 13.4. The van der Waals surface area contributed by atoms with Crippen LogP contribution >= 0.6 is 0 Å². The molecule has 1 saturated carbocycles. The first kappa shape index (κ1) is 17.3. The van der Waals surface area contributed by atoms with Gasteiger partial charge in [0, 0.05) is 19.2 Å². The molecule has 0 aromatic rings. The Kier molecular flexibility index (Phi) is 7.35. The predicted molar refractivity (Wildman–Crippen MR) is 82.7 cm³/mol. The fourth-order valence-electron chi connectivity index (χ4n) is 3.12. The van der Waals surface area contributed by atoms with Gasteiger partial charge in [-0.1, -0.05) is 20.8 Å². The molecule has 0 saturated heterocycles. The summed E-state index contributed by atoms with van der Waals surface area (Å²) >= 11 is 0. The Morgan fingerprint density at radius 2 is 1.65 bits per heavy atom. The van der Waals surface area contributed by atoms with Crippen LogP contribution in [0.2, 0.25) is 0 Å². The van der Waals surface area contributed by atoms with Crippen molar-refractivity contribution in [2.24, 2.45) is 11.3 Å². The molecule has 1 aliphatic rings. The van der Waals surface area contributed by atoms with Crippen LogP contribution in [0.5, 0.6) is 0 Å². The summed E-state index contributed by atoms with van der Waals surface area (Å²) < 4.78 is 0. The van der Waals surface area contributed by atoms with Crippen LogP contribution < -0.4 is 10.6 Å². The van der Waals surface area contributed by atoms with Gasteiger partial charge in [0.05, 0.1) is 0 Å². The summed E-state index contributed by atoms with van der Waals surface area (Å²) in [6.45, 7) is 7.63. The van der Waals surface area contributed by atoms with Crippen molar-refractivity contribution in [1.29, 1.82) is 0 Å². The Morgan fingerprint density at radius 1 is 1.10 bits per heavy atom. The van der Waals surface area contributed by atoms with E-state index >= 15 is 0 Å². The first-order chi connectivity index (χ1) is 9.59. The number of amides is 2. The predicted octanol–water partition coefficient (Wildman–Crippen LogP) is 3.05. The standard InChI is InChI=1S/C16H32N2O2/c1-4-16(5-2,6-3)12-17-15(20)18-14-9-7-13(11-19)8-10-14/h13-14,19H,4-12H2,1-3H3,(H2,17,18,20). The molecule has 0 spiro atoms. The highest BCUT2D eigenvalue weighted by molar-refractivity contribution is 5.74. The average molecular weight is 284 g/mol. The number of carbonyl (C=O) groups is 1. The van der Waals surface area contributed by atoms with Crippen molar-refractivity contribution in [1.82, 2.24) is 10.6 Å². The number of nitrogens with one attached hydrogen (secondary N) is 2. The summed E-state index contributed by atoms with van der Waals surface area (Å²) in [5.74, 6) is 0.434. The Bertz CT molecular complexity index is 274. The fraction of sp³-hybridized carbons (Fsp3) is 0.938. The zero-order valence-electron chi connectivity index (χ0n) is 13.4. The second-order valence-electron chi connectivity index (χ2n) is 6.29. The van der Waals surface area contributed by atoms with Crippen molar-refractivity contribution in [2.45, 2.75) is 71.8 Å². The molecule has 1 aliphatic carbocycles. The number of aliphatic hydroxyl groups is 1. The summed E-state index contributed by atoms with van der Waals surface area (Å²) in [5, 5.41) is 15.2. The summed E-state index contributed by atoms with van der Waals surface area (Å²) in [6, 6.07) is 0.245. The number of hydrogen-bond donors (Lipinski definition) is 3. The third-order valence-electron chi connectivity index (χ3n) is 5.31. The largest absolute Gasteiger partial charge is 0.396 e. The minimum Gasteiger partial charge on any atom is -0.396 e. The highest BCUT2D eigenvalue weighted by Crippen LogP contribution is 2.29. The van der Waals surface area contributed by atoms with Gasteiger partial charge in [-0.05, 0) is 56.3 Å². The molecule has 0 aliphatic heterocycles. The van der Waals surface area contributed by atoms with Crippen molar-refractivity contribution in [3.05, 3.63) is 0 Å². The van der Waals surface area contributed by atoms with Crippen LogP contribution in [0.15, 0.2) is 0 Å². The van der Waals surface area contributed by atoms with E-state index in [0.717, 1.165) is 51.5 Å². The molecule has 20 heavy (non-hydrogen) atoms. The van der Waals surface area contributed by atoms with Gasteiger partial charge in [-0.25, -0.2) is 4.79 Å². The number of carbonyl (C=O) groups excluding carboxylic acids is 1. The molecule has 0 atom stereocenters. The van der Waals surface area contributed by atoms with Crippen molar-refractivity contribution in [2.75, 3.05) is 13.2 Å². The molecule has 0 bridgehead atoms. The molecule has 0 aromatic heterocycles. The highest BCUT2D eigenvalue weighted by Gasteiger charge is 2.26. The monoisotopic (exact) mass is 284 g/mol. The maximum Gasteiger partial charge on any atom is 0.315 e. The molecule has 118 valence electrons. The Morgan fingerprint density at radius 3 is 2.10 bits per heavy atom. The van der Waals surface area contributed by atoms with E-state index in [1.54, 1.807) is 0 Å². The molecule has 0 unspecified atom stereocenters.